The van der Waals surface area contributed by atoms with Crippen LogP contribution in [-0.4, -0.2) is 31.2 Å². The summed E-state index contributed by atoms with van der Waals surface area (Å²) >= 11 is 0. The highest BCUT2D eigenvalue weighted by Crippen LogP contribution is 2.18. The van der Waals surface area contributed by atoms with Crippen molar-refractivity contribution >= 4 is 6.03 Å². The fourth-order valence-corrected chi connectivity index (χ4v) is 1.62. The number of hydrogen-bond donors (Lipinski definition) is 3. The Morgan fingerprint density at radius 1 is 1.15 bits per heavy atom. The van der Waals surface area contributed by atoms with E-state index in [0.29, 0.717) is 12.1 Å². The van der Waals surface area contributed by atoms with Gasteiger partial charge in [-0.15, -0.1) is 0 Å². The average Bonchev–Trinajstić information content (AvgIpc) is 2.90. The number of amides is 2. The number of carbonyl (C=O) groups is 1. The first-order valence-electron chi connectivity index (χ1n) is 5.12. The number of carbonyl (C=O) groups excluding carboxylic acids is 1. The van der Waals surface area contributed by atoms with Crippen LogP contribution in [0.15, 0.2) is 0 Å². The topological polar surface area (TPSA) is 53.2 Å². The molecule has 0 bridgehead atoms. The number of rotatable bonds is 2. The second kappa shape index (κ2) is 3.96. The summed E-state index contributed by atoms with van der Waals surface area (Å²) in [6.07, 6.45) is 4.56. The van der Waals surface area contributed by atoms with Crippen molar-refractivity contribution in [3.05, 3.63) is 0 Å². The monoisotopic (exact) mass is 183 g/mol. The SMILES string of the molecule is O=C(NC1CC1)N[C@@H]1CCCNC1. The molecule has 0 radical (unpaired) electrons. The van der Waals surface area contributed by atoms with Crippen LogP contribution in [0.2, 0.25) is 0 Å². The summed E-state index contributed by atoms with van der Waals surface area (Å²) in [5, 5.41) is 9.17. The Hall–Kier alpha value is -0.770. The van der Waals surface area contributed by atoms with Gasteiger partial charge < -0.3 is 16.0 Å². The van der Waals surface area contributed by atoms with E-state index in [2.05, 4.69) is 16.0 Å². The molecule has 2 fully saturated rings. The van der Waals surface area contributed by atoms with Gasteiger partial charge in [0, 0.05) is 18.6 Å². The molecule has 2 aliphatic rings. The van der Waals surface area contributed by atoms with Crippen LogP contribution in [-0.2, 0) is 0 Å². The maximum atomic E-state index is 11.3. The molecule has 0 aromatic heterocycles. The molecule has 13 heavy (non-hydrogen) atoms. The van der Waals surface area contributed by atoms with Gasteiger partial charge in [-0.1, -0.05) is 0 Å². The maximum Gasteiger partial charge on any atom is 0.315 e. The van der Waals surface area contributed by atoms with E-state index >= 15 is 0 Å². The molecule has 1 heterocycles. The summed E-state index contributed by atoms with van der Waals surface area (Å²) in [6, 6.07) is 0.792. The largest absolute Gasteiger partial charge is 0.335 e. The first-order chi connectivity index (χ1) is 6.34. The van der Waals surface area contributed by atoms with Gasteiger partial charge in [0.2, 0.25) is 0 Å². The zero-order valence-electron chi connectivity index (χ0n) is 7.81. The third kappa shape index (κ3) is 2.88. The van der Waals surface area contributed by atoms with Crippen LogP contribution in [0.25, 0.3) is 0 Å². The predicted octanol–water partition coefficient (Wildman–Crippen LogP) is 0.200. The standard InChI is InChI=1S/C9H17N3O/c13-9(11-7-3-4-7)12-8-2-1-5-10-6-8/h7-8,10H,1-6H2,(H2,11,12,13)/t8-/m1/s1. The van der Waals surface area contributed by atoms with Crippen molar-refractivity contribution < 1.29 is 4.79 Å². The summed E-state index contributed by atoms with van der Waals surface area (Å²) in [5.74, 6) is 0. The quantitative estimate of drug-likeness (QED) is 0.573. The molecule has 1 atom stereocenters. The van der Waals surface area contributed by atoms with Gasteiger partial charge in [-0.2, -0.15) is 0 Å². The van der Waals surface area contributed by atoms with Crippen molar-refractivity contribution in [3.63, 3.8) is 0 Å². The zero-order chi connectivity index (χ0) is 9.10. The smallest absolute Gasteiger partial charge is 0.315 e. The van der Waals surface area contributed by atoms with E-state index in [0.717, 1.165) is 38.8 Å². The molecule has 4 heteroatoms. The van der Waals surface area contributed by atoms with E-state index in [9.17, 15) is 4.79 Å². The lowest BCUT2D eigenvalue weighted by Crippen LogP contribution is -2.49. The molecule has 0 aromatic rings. The van der Waals surface area contributed by atoms with Crippen LogP contribution >= 0.6 is 0 Å². The minimum Gasteiger partial charge on any atom is -0.335 e. The van der Waals surface area contributed by atoms with E-state index in [-0.39, 0.29) is 6.03 Å². The highest BCUT2D eigenvalue weighted by Gasteiger charge is 2.24. The first-order valence-corrected chi connectivity index (χ1v) is 5.12. The van der Waals surface area contributed by atoms with E-state index in [4.69, 9.17) is 0 Å². The van der Waals surface area contributed by atoms with Gasteiger partial charge in [-0.3, -0.25) is 0 Å². The van der Waals surface area contributed by atoms with Crippen LogP contribution in [0.4, 0.5) is 4.79 Å². The highest BCUT2D eigenvalue weighted by atomic mass is 16.2. The molecule has 74 valence electrons. The van der Waals surface area contributed by atoms with Gasteiger partial charge in [-0.25, -0.2) is 4.79 Å². The zero-order valence-corrected chi connectivity index (χ0v) is 7.81. The molecule has 1 saturated carbocycles. The maximum absolute atomic E-state index is 11.3. The lowest BCUT2D eigenvalue weighted by Gasteiger charge is -2.23. The molecule has 0 unspecified atom stereocenters. The lowest BCUT2D eigenvalue weighted by atomic mass is 10.1. The first kappa shape index (κ1) is 8.81. The molecule has 0 aromatic carbocycles. The van der Waals surface area contributed by atoms with Crippen LogP contribution in [0.3, 0.4) is 0 Å². The van der Waals surface area contributed by atoms with Gasteiger partial charge in [0.05, 0.1) is 0 Å². The van der Waals surface area contributed by atoms with Gasteiger partial charge >= 0.3 is 6.03 Å². The predicted molar refractivity (Wildman–Crippen MR) is 50.6 cm³/mol. The van der Waals surface area contributed by atoms with Crippen LogP contribution in [0.1, 0.15) is 25.7 Å². The van der Waals surface area contributed by atoms with Gasteiger partial charge in [0.25, 0.3) is 0 Å². The fraction of sp³-hybridized carbons (Fsp3) is 0.889. The summed E-state index contributed by atoms with van der Waals surface area (Å²) in [6.45, 7) is 2.00. The Morgan fingerprint density at radius 2 is 1.92 bits per heavy atom. The summed E-state index contributed by atoms with van der Waals surface area (Å²) in [7, 11) is 0. The number of piperidine rings is 1. The Kier molecular flexibility index (Phi) is 2.68. The van der Waals surface area contributed by atoms with Crippen LogP contribution in [0, 0.1) is 0 Å². The third-order valence-corrected chi connectivity index (χ3v) is 2.54. The van der Waals surface area contributed by atoms with Crippen molar-refractivity contribution in [2.75, 3.05) is 13.1 Å². The van der Waals surface area contributed by atoms with Crippen molar-refractivity contribution in [1.29, 1.82) is 0 Å². The van der Waals surface area contributed by atoms with Crippen LogP contribution < -0.4 is 16.0 Å². The molecule has 3 N–H and O–H groups in total. The van der Waals surface area contributed by atoms with E-state index in [1.165, 1.54) is 0 Å². The minimum atomic E-state index is 0.0104. The van der Waals surface area contributed by atoms with Gasteiger partial charge in [-0.05, 0) is 32.2 Å². The van der Waals surface area contributed by atoms with Gasteiger partial charge in [0.1, 0.15) is 0 Å². The minimum absolute atomic E-state index is 0.0104. The molecule has 1 aliphatic carbocycles. The molecular formula is C9H17N3O. The molecule has 2 rings (SSSR count). The summed E-state index contributed by atoms with van der Waals surface area (Å²) in [5.41, 5.74) is 0. The lowest BCUT2D eigenvalue weighted by molar-refractivity contribution is 0.233. The summed E-state index contributed by atoms with van der Waals surface area (Å²) in [4.78, 5) is 11.3. The van der Waals surface area contributed by atoms with Gasteiger partial charge in [0.15, 0.2) is 0 Å². The second-order valence-electron chi connectivity index (χ2n) is 3.94. The molecule has 2 amide bonds. The number of urea groups is 1. The Balaban J connectivity index is 1.66. The fourth-order valence-electron chi connectivity index (χ4n) is 1.62. The molecule has 1 saturated heterocycles. The molecule has 0 spiro atoms. The third-order valence-electron chi connectivity index (χ3n) is 2.54. The Labute approximate surface area is 78.5 Å². The Morgan fingerprint density at radius 3 is 2.54 bits per heavy atom. The van der Waals surface area contributed by atoms with Crippen molar-refractivity contribution in [2.24, 2.45) is 0 Å². The van der Waals surface area contributed by atoms with E-state index in [1.807, 2.05) is 0 Å². The van der Waals surface area contributed by atoms with Crippen molar-refractivity contribution in [3.8, 4) is 0 Å². The van der Waals surface area contributed by atoms with Crippen LogP contribution in [0.5, 0.6) is 0 Å². The highest BCUT2D eigenvalue weighted by molar-refractivity contribution is 5.74. The normalized spacial score (nSPS) is 28.2. The molecular weight excluding hydrogens is 166 g/mol. The average molecular weight is 183 g/mol. The van der Waals surface area contributed by atoms with Crippen molar-refractivity contribution in [2.45, 2.75) is 37.8 Å². The summed E-state index contributed by atoms with van der Waals surface area (Å²) < 4.78 is 0. The Bertz CT molecular complexity index is 185. The number of hydrogen-bond acceptors (Lipinski definition) is 2. The molecule has 4 nitrogen and oxygen atoms in total. The molecule has 1 aliphatic heterocycles. The van der Waals surface area contributed by atoms with E-state index in [1.54, 1.807) is 0 Å². The number of nitrogens with one attached hydrogen (secondary N) is 3. The second-order valence-corrected chi connectivity index (χ2v) is 3.94. The van der Waals surface area contributed by atoms with E-state index < -0.39 is 0 Å². The van der Waals surface area contributed by atoms with Crippen molar-refractivity contribution in [1.82, 2.24) is 16.0 Å².